The first-order valence-corrected chi connectivity index (χ1v) is 9.95. The van der Waals surface area contributed by atoms with Crippen molar-refractivity contribution in [2.24, 2.45) is 0 Å². The Hall–Kier alpha value is -2.66. The third-order valence-electron chi connectivity index (χ3n) is 4.66. The van der Waals surface area contributed by atoms with Crippen LogP contribution in [0.3, 0.4) is 0 Å². The van der Waals surface area contributed by atoms with E-state index in [2.05, 4.69) is 48.4 Å². The van der Waals surface area contributed by atoms with Gasteiger partial charge >= 0.3 is 0 Å². The smallest absolute Gasteiger partial charge is 0.230 e. The van der Waals surface area contributed by atoms with E-state index in [9.17, 15) is 4.79 Å². The molecule has 140 valence electrons. The number of methoxy groups -OCH3 is 1. The first-order chi connectivity index (χ1) is 13.1. The van der Waals surface area contributed by atoms with E-state index in [1.54, 1.807) is 7.11 Å². The second kappa shape index (κ2) is 8.82. The minimum absolute atomic E-state index is 0.0758. The number of anilines is 1. The quantitative estimate of drug-likeness (QED) is 0.588. The van der Waals surface area contributed by atoms with Gasteiger partial charge in [0.2, 0.25) is 5.91 Å². The van der Waals surface area contributed by atoms with E-state index in [0.717, 1.165) is 29.0 Å². The molecular formula is C22H24N2O2S. The Bertz CT molecular complexity index is 885. The molecule has 0 saturated heterocycles. The number of hydrogen-bond acceptors (Lipinski definition) is 4. The van der Waals surface area contributed by atoms with E-state index in [-0.39, 0.29) is 5.91 Å². The highest BCUT2D eigenvalue weighted by molar-refractivity contribution is 7.14. The molecule has 1 amide bonds. The molecule has 1 heterocycles. The van der Waals surface area contributed by atoms with Crippen LogP contribution in [-0.4, -0.2) is 18.0 Å². The Labute approximate surface area is 164 Å². The Morgan fingerprint density at radius 1 is 1.15 bits per heavy atom. The summed E-state index contributed by atoms with van der Waals surface area (Å²) in [6.07, 6.45) is 1.43. The van der Waals surface area contributed by atoms with Crippen molar-refractivity contribution in [1.82, 2.24) is 4.98 Å². The van der Waals surface area contributed by atoms with Gasteiger partial charge in [0.1, 0.15) is 5.75 Å². The zero-order chi connectivity index (χ0) is 19.2. The summed E-state index contributed by atoms with van der Waals surface area (Å²) in [7, 11) is 1.62. The standard InChI is InChI=1S/C22H24N2O2S/c1-4-15(2)17-7-9-18(10-8-17)20-14-27-22(23-20)24-21(25)13-16-5-11-19(26-3)12-6-16/h5-12,14-15H,4,13H2,1-3H3,(H,23,24,25). The predicted molar refractivity (Wildman–Crippen MR) is 112 cm³/mol. The van der Waals surface area contributed by atoms with Gasteiger partial charge < -0.3 is 10.1 Å². The summed E-state index contributed by atoms with van der Waals surface area (Å²) in [5.74, 6) is 1.26. The molecule has 0 spiro atoms. The second-order valence-electron chi connectivity index (χ2n) is 6.54. The first-order valence-electron chi connectivity index (χ1n) is 9.07. The van der Waals surface area contributed by atoms with Gasteiger partial charge in [-0.25, -0.2) is 4.98 Å². The van der Waals surface area contributed by atoms with Gasteiger partial charge in [-0.3, -0.25) is 4.79 Å². The summed E-state index contributed by atoms with van der Waals surface area (Å²) >= 11 is 1.44. The van der Waals surface area contributed by atoms with E-state index in [1.165, 1.54) is 16.9 Å². The number of amides is 1. The minimum atomic E-state index is -0.0758. The zero-order valence-electron chi connectivity index (χ0n) is 15.9. The van der Waals surface area contributed by atoms with Crippen molar-refractivity contribution in [2.45, 2.75) is 32.6 Å². The highest BCUT2D eigenvalue weighted by Crippen LogP contribution is 2.27. The maximum absolute atomic E-state index is 12.3. The molecule has 3 rings (SSSR count). The van der Waals surface area contributed by atoms with Crippen molar-refractivity contribution in [3.05, 3.63) is 65.0 Å². The number of aromatic nitrogens is 1. The molecule has 0 aliphatic heterocycles. The maximum Gasteiger partial charge on any atom is 0.230 e. The van der Waals surface area contributed by atoms with Crippen molar-refractivity contribution < 1.29 is 9.53 Å². The number of nitrogens with zero attached hydrogens (tertiary/aromatic N) is 1. The van der Waals surface area contributed by atoms with Crippen LogP contribution in [0.25, 0.3) is 11.3 Å². The molecule has 4 nitrogen and oxygen atoms in total. The van der Waals surface area contributed by atoms with E-state index in [0.29, 0.717) is 17.5 Å². The fourth-order valence-electron chi connectivity index (χ4n) is 2.77. The Morgan fingerprint density at radius 2 is 1.85 bits per heavy atom. The average molecular weight is 381 g/mol. The molecule has 1 N–H and O–H groups in total. The molecule has 0 aliphatic rings. The second-order valence-corrected chi connectivity index (χ2v) is 7.40. The van der Waals surface area contributed by atoms with Crippen molar-refractivity contribution in [3.8, 4) is 17.0 Å². The molecule has 27 heavy (non-hydrogen) atoms. The zero-order valence-corrected chi connectivity index (χ0v) is 16.7. The Kier molecular flexibility index (Phi) is 6.24. The maximum atomic E-state index is 12.3. The Morgan fingerprint density at radius 3 is 2.48 bits per heavy atom. The molecule has 5 heteroatoms. The summed E-state index contributed by atoms with van der Waals surface area (Å²) < 4.78 is 5.13. The third-order valence-corrected chi connectivity index (χ3v) is 5.42. The number of benzene rings is 2. The van der Waals surface area contributed by atoms with Crippen LogP contribution in [0.5, 0.6) is 5.75 Å². The highest BCUT2D eigenvalue weighted by Gasteiger charge is 2.10. The number of hydrogen-bond donors (Lipinski definition) is 1. The van der Waals surface area contributed by atoms with Crippen LogP contribution in [0.15, 0.2) is 53.9 Å². The van der Waals surface area contributed by atoms with Crippen molar-refractivity contribution in [1.29, 1.82) is 0 Å². The van der Waals surface area contributed by atoms with E-state index in [1.807, 2.05) is 29.6 Å². The monoisotopic (exact) mass is 380 g/mol. The van der Waals surface area contributed by atoms with E-state index in [4.69, 9.17) is 4.74 Å². The summed E-state index contributed by atoms with van der Waals surface area (Å²) in [4.78, 5) is 16.8. The number of nitrogens with one attached hydrogen (secondary N) is 1. The largest absolute Gasteiger partial charge is 0.497 e. The molecule has 0 aliphatic carbocycles. The molecule has 1 unspecified atom stereocenters. The lowest BCUT2D eigenvalue weighted by Crippen LogP contribution is -2.14. The molecule has 2 aromatic carbocycles. The number of thiazole rings is 1. The van der Waals surface area contributed by atoms with Crippen molar-refractivity contribution in [2.75, 3.05) is 12.4 Å². The number of carbonyl (C=O) groups is 1. The fourth-order valence-corrected chi connectivity index (χ4v) is 3.51. The van der Waals surface area contributed by atoms with Crippen LogP contribution in [-0.2, 0) is 11.2 Å². The fraction of sp³-hybridized carbons (Fsp3) is 0.273. The molecular weight excluding hydrogens is 356 g/mol. The molecule has 1 aromatic heterocycles. The van der Waals surface area contributed by atoms with E-state index >= 15 is 0 Å². The molecule has 0 bridgehead atoms. The molecule has 0 radical (unpaired) electrons. The summed E-state index contributed by atoms with van der Waals surface area (Å²) in [6, 6.07) is 16.0. The summed E-state index contributed by atoms with van der Waals surface area (Å²) in [5, 5.41) is 5.48. The van der Waals surface area contributed by atoms with Crippen molar-refractivity contribution in [3.63, 3.8) is 0 Å². The van der Waals surface area contributed by atoms with Crippen LogP contribution in [0.2, 0.25) is 0 Å². The van der Waals surface area contributed by atoms with Gasteiger partial charge in [0, 0.05) is 10.9 Å². The van der Waals surface area contributed by atoms with Gasteiger partial charge in [-0.15, -0.1) is 11.3 Å². The number of rotatable bonds is 7. The average Bonchev–Trinajstić information content (AvgIpc) is 3.16. The topological polar surface area (TPSA) is 51.2 Å². The van der Waals surface area contributed by atoms with Crippen LogP contribution < -0.4 is 10.1 Å². The third kappa shape index (κ3) is 4.95. The Balaban J connectivity index is 1.62. The van der Waals surface area contributed by atoms with Gasteiger partial charge in [-0.1, -0.05) is 50.2 Å². The molecule has 0 fully saturated rings. The SMILES string of the molecule is CCC(C)c1ccc(-c2csc(NC(=O)Cc3ccc(OC)cc3)n2)cc1. The van der Waals surface area contributed by atoms with E-state index < -0.39 is 0 Å². The lowest BCUT2D eigenvalue weighted by atomic mass is 9.97. The van der Waals surface area contributed by atoms with Crippen LogP contribution in [0.4, 0.5) is 5.13 Å². The molecule has 1 atom stereocenters. The summed E-state index contributed by atoms with van der Waals surface area (Å²) in [6.45, 7) is 4.42. The molecule has 3 aromatic rings. The number of ether oxygens (including phenoxy) is 1. The summed E-state index contributed by atoms with van der Waals surface area (Å²) in [5.41, 5.74) is 4.22. The van der Waals surface area contributed by atoms with Gasteiger partial charge in [-0.2, -0.15) is 0 Å². The first kappa shape index (κ1) is 19.1. The lowest BCUT2D eigenvalue weighted by molar-refractivity contribution is -0.115. The van der Waals surface area contributed by atoms with Crippen LogP contribution >= 0.6 is 11.3 Å². The van der Waals surface area contributed by atoms with Gasteiger partial charge in [0.05, 0.1) is 19.2 Å². The van der Waals surface area contributed by atoms with Gasteiger partial charge in [0.15, 0.2) is 5.13 Å². The minimum Gasteiger partial charge on any atom is -0.497 e. The predicted octanol–water partition coefficient (Wildman–Crippen LogP) is 5.51. The number of carbonyl (C=O) groups excluding carboxylic acids is 1. The van der Waals surface area contributed by atoms with Crippen molar-refractivity contribution >= 4 is 22.4 Å². The van der Waals surface area contributed by atoms with Gasteiger partial charge in [0.25, 0.3) is 0 Å². The van der Waals surface area contributed by atoms with Crippen LogP contribution in [0.1, 0.15) is 37.3 Å². The normalized spacial score (nSPS) is 11.8. The van der Waals surface area contributed by atoms with Gasteiger partial charge in [-0.05, 0) is 35.6 Å². The molecule has 0 saturated carbocycles. The van der Waals surface area contributed by atoms with Crippen LogP contribution in [0, 0.1) is 0 Å². The lowest BCUT2D eigenvalue weighted by Gasteiger charge is -2.08. The highest BCUT2D eigenvalue weighted by atomic mass is 32.1.